The maximum atomic E-state index is 12.5. The molecular formula is C24H25NO. The Balaban J connectivity index is 1.59. The number of carbonyl (C=O) groups is 1. The molecule has 2 unspecified atom stereocenters. The van der Waals surface area contributed by atoms with Crippen LogP contribution in [0.15, 0.2) is 66.2 Å². The molecule has 4 saturated carbocycles. The van der Waals surface area contributed by atoms with E-state index in [0.29, 0.717) is 11.8 Å². The third-order valence-corrected chi connectivity index (χ3v) is 7.21. The van der Waals surface area contributed by atoms with Gasteiger partial charge in [0.15, 0.2) is 0 Å². The Morgan fingerprint density at radius 1 is 0.885 bits per heavy atom. The molecular weight excluding hydrogens is 318 g/mol. The zero-order chi connectivity index (χ0) is 17.8. The minimum absolute atomic E-state index is 0.0778. The predicted molar refractivity (Wildman–Crippen MR) is 104 cm³/mol. The van der Waals surface area contributed by atoms with E-state index in [9.17, 15) is 4.79 Å². The molecule has 132 valence electrons. The fourth-order valence-electron chi connectivity index (χ4n) is 6.33. The summed E-state index contributed by atoms with van der Waals surface area (Å²) in [4.78, 5) is 12.5. The summed E-state index contributed by atoms with van der Waals surface area (Å²) < 4.78 is 0. The van der Waals surface area contributed by atoms with Crippen molar-refractivity contribution in [2.24, 2.45) is 23.0 Å². The van der Waals surface area contributed by atoms with Crippen molar-refractivity contribution >= 4 is 12.0 Å². The maximum Gasteiger partial charge on any atom is 0.223 e. The van der Waals surface area contributed by atoms with Crippen LogP contribution in [0.3, 0.4) is 0 Å². The van der Waals surface area contributed by atoms with Gasteiger partial charge in [-0.25, -0.2) is 0 Å². The fourth-order valence-corrected chi connectivity index (χ4v) is 6.33. The summed E-state index contributed by atoms with van der Waals surface area (Å²) >= 11 is 0. The van der Waals surface area contributed by atoms with Crippen LogP contribution in [0.2, 0.25) is 0 Å². The number of hydrogen-bond acceptors (Lipinski definition) is 1. The second-order valence-corrected chi connectivity index (χ2v) is 8.73. The monoisotopic (exact) mass is 343 g/mol. The highest BCUT2D eigenvalue weighted by molar-refractivity contribution is 5.82. The first-order valence-electron chi connectivity index (χ1n) is 9.72. The molecule has 2 aromatic rings. The van der Waals surface area contributed by atoms with E-state index in [-0.39, 0.29) is 16.7 Å². The van der Waals surface area contributed by atoms with E-state index in [1.54, 1.807) is 5.57 Å². The third kappa shape index (κ3) is 2.28. The normalized spacial score (nSPS) is 34.7. The minimum atomic E-state index is -0.310. The first kappa shape index (κ1) is 15.9. The highest BCUT2D eigenvalue weighted by atomic mass is 16.1. The van der Waals surface area contributed by atoms with E-state index in [0.717, 1.165) is 32.1 Å². The molecule has 6 rings (SSSR count). The number of allylic oxidation sites excluding steroid dienone is 1. The topological polar surface area (TPSA) is 43.1 Å². The smallest absolute Gasteiger partial charge is 0.223 e. The lowest BCUT2D eigenvalue weighted by Crippen LogP contribution is -2.59. The van der Waals surface area contributed by atoms with Crippen molar-refractivity contribution in [2.45, 2.75) is 37.5 Å². The Morgan fingerprint density at radius 2 is 1.46 bits per heavy atom. The molecule has 26 heavy (non-hydrogen) atoms. The summed E-state index contributed by atoms with van der Waals surface area (Å²) in [6.45, 7) is 0. The Bertz CT molecular complexity index is 850. The van der Waals surface area contributed by atoms with E-state index in [2.05, 4.69) is 66.7 Å². The number of rotatable bonds is 3. The third-order valence-electron chi connectivity index (χ3n) is 7.21. The maximum absolute atomic E-state index is 12.5. The molecule has 0 spiro atoms. The lowest BCUT2D eigenvalue weighted by molar-refractivity contribution is -0.140. The van der Waals surface area contributed by atoms with Gasteiger partial charge >= 0.3 is 0 Å². The number of carbonyl (C=O) groups excluding carboxylic acids is 1. The van der Waals surface area contributed by atoms with Crippen molar-refractivity contribution in [2.75, 3.05) is 0 Å². The number of nitrogens with two attached hydrogens (primary N) is 1. The number of amides is 1. The predicted octanol–water partition coefficient (Wildman–Crippen LogP) is 4.70. The molecule has 0 radical (unpaired) electrons. The first-order chi connectivity index (χ1) is 12.6. The molecule has 0 saturated heterocycles. The summed E-state index contributed by atoms with van der Waals surface area (Å²) in [5.41, 5.74) is 10.0. The van der Waals surface area contributed by atoms with Crippen molar-refractivity contribution < 1.29 is 4.79 Å². The molecule has 4 bridgehead atoms. The summed E-state index contributed by atoms with van der Waals surface area (Å²) in [5.74, 6) is 0.874. The van der Waals surface area contributed by atoms with E-state index in [4.69, 9.17) is 5.73 Å². The van der Waals surface area contributed by atoms with E-state index >= 15 is 0 Å². The molecule has 2 nitrogen and oxygen atoms in total. The van der Waals surface area contributed by atoms with Crippen LogP contribution in [0.25, 0.3) is 6.08 Å². The van der Waals surface area contributed by atoms with Crippen LogP contribution in [0.5, 0.6) is 0 Å². The molecule has 2 atom stereocenters. The highest BCUT2D eigenvalue weighted by Crippen LogP contribution is 2.67. The quantitative estimate of drug-likeness (QED) is 0.862. The van der Waals surface area contributed by atoms with Gasteiger partial charge in [-0.3, -0.25) is 4.79 Å². The molecule has 4 fully saturated rings. The Morgan fingerprint density at radius 3 is 2.04 bits per heavy atom. The zero-order valence-electron chi connectivity index (χ0n) is 15.0. The molecule has 4 aliphatic rings. The Labute approximate surface area is 155 Å². The van der Waals surface area contributed by atoms with Gasteiger partial charge in [0.25, 0.3) is 0 Å². The molecule has 2 heteroatoms. The largest absolute Gasteiger partial charge is 0.369 e. The number of benzene rings is 2. The van der Waals surface area contributed by atoms with Gasteiger partial charge in [0.1, 0.15) is 0 Å². The zero-order valence-corrected chi connectivity index (χ0v) is 15.0. The van der Waals surface area contributed by atoms with Crippen LogP contribution in [-0.4, -0.2) is 5.91 Å². The highest BCUT2D eigenvalue weighted by Gasteiger charge is 2.61. The second kappa shape index (κ2) is 5.57. The molecule has 1 amide bonds. The second-order valence-electron chi connectivity index (χ2n) is 8.73. The van der Waals surface area contributed by atoms with E-state index < -0.39 is 0 Å². The van der Waals surface area contributed by atoms with Crippen molar-refractivity contribution in [1.29, 1.82) is 0 Å². The van der Waals surface area contributed by atoms with Gasteiger partial charge < -0.3 is 5.73 Å². The van der Waals surface area contributed by atoms with E-state index in [1.807, 2.05) is 0 Å². The lowest BCUT2D eigenvalue weighted by atomic mass is 9.41. The van der Waals surface area contributed by atoms with Gasteiger partial charge in [0.05, 0.1) is 5.41 Å². The summed E-state index contributed by atoms with van der Waals surface area (Å²) in [6.07, 6.45) is 7.51. The van der Waals surface area contributed by atoms with Gasteiger partial charge in [-0.2, -0.15) is 0 Å². The molecule has 0 aromatic heterocycles. The summed E-state index contributed by atoms with van der Waals surface area (Å²) in [5, 5.41) is 0. The SMILES string of the molecule is NC(=O)C12CC3CC(c4ccccc4)(CC(C1)C3=Cc1ccccc1)C2. The van der Waals surface area contributed by atoms with Crippen LogP contribution < -0.4 is 5.73 Å². The average molecular weight is 343 g/mol. The molecule has 0 heterocycles. The van der Waals surface area contributed by atoms with Gasteiger partial charge in [0, 0.05) is 0 Å². The van der Waals surface area contributed by atoms with Crippen molar-refractivity contribution in [1.82, 2.24) is 0 Å². The Hall–Kier alpha value is -2.35. The van der Waals surface area contributed by atoms with Crippen LogP contribution in [0.4, 0.5) is 0 Å². The molecule has 0 aliphatic heterocycles. The van der Waals surface area contributed by atoms with Crippen LogP contribution >= 0.6 is 0 Å². The lowest BCUT2D eigenvalue weighted by Gasteiger charge is -2.62. The average Bonchev–Trinajstić information content (AvgIpc) is 2.66. The minimum Gasteiger partial charge on any atom is -0.369 e. The number of hydrogen-bond donors (Lipinski definition) is 1. The summed E-state index contributed by atoms with van der Waals surface area (Å²) in [6, 6.07) is 21.4. The molecule has 2 aromatic carbocycles. The van der Waals surface area contributed by atoms with Crippen molar-refractivity contribution in [3.05, 3.63) is 77.4 Å². The van der Waals surface area contributed by atoms with Gasteiger partial charge in [-0.05, 0) is 60.5 Å². The van der Waals surface area contributed by atoms with Gasteiger partial charge in [0.2, 0.25) is 5.91 Å². The van der Waals surface area contributed by atoms with Crippen LogP contribution in [0, 0.1) is 17.3 Å². The summed E-state index contributed by atoms with van der Waals surface area (Å²) in [7, 11) is 0. The number of primary amides is 1. The van der Waals surface area contributed by atoms with Crippen molar-refractivity contribution in [3.8, 4) is 0 Å². The van der Waals surface area contributed by atoms with Gasteiger partial charge in [-0.1, -0.05) is 72.3 Å². The molecule has 4 aliphatic carbocycles. The standard InChI is InChI=1S/C24H25NO/c25-22(26)24-14-18-12-23(16-24,20-9-5-2-6-10-20)13-19(15-24)21(18)11-17-7-3-1-4-8-17/h1-11,18-19H,12-16H2,(H2,25,26). The Kier molecular flexibility index (Phi) is 3.40. The fraction of sp³-hybridized carbons (Fsp3) is 0.375. The van der Waals surface area contributed by atoms with Crippen LogP contribution in [-0.2, 0) is 10.2 Å². The van der Waals surface area contributed by atoms with Crippen LogP contribution in [0.1, 0.15) is 43.2 Å². The van der Waals surface area contributed by atoms with Crippen molar-refractivity contribution in [3.63, 3.8) is 0 Å². The first-order valence-corrected chi connectivity index (χ1v) is 9.72. The molecule has 2 N–H and O–H groups in total. The van der Waals surface area contributed by atoms with E-state index in [1.165, 1.54) is 11.1 Å². The van der Waals surface area contributed by atoms with Gasteiger partial charge in [-0.15, -0.1) is 0 Å².